The van der Waals surface area contributed by atoms with Gasteiger partial charge in [0, 0.05) is 22.3 Å². The van der Waals surface area contributed by atoms with Gasteiger partial charge in [-0.1, -0.05) is 11.6 Å². The van der Waals surface area contributed by atoms with Gasteiger partial charge in [0.2, 0.25) is 0 Å². The highest BCUT2D eigenvalue weighted by atomic mass is 35.5. The van der Waals surface area contributed by atoms with Crippen LogP contribution in [0.5, 0.6) is 5.75 Å². The fourth-order valence-corrected chi connectivity index (χ4v) is 2.56. The third kappa shape index (κ3) is 2.60. The highest BCUT2D eigenvalue weighted by Crippen LogP contribution is 2.33. The van der Waals surface area contributed by atoms with Gasteiger partial charge in [-0.2, -0.15) is 0 Å². The number of anilines is 1. The monoisotopic (exact) mass is 302 g/mol. The van der Waals surface area contributed by atoms with Crippen molar-refractivity contribution in [1.82, 2.24) is 4.98 Å². The fourth-order valence-electron chi connectivity index (χ4n) is 2.39. The maximum atomic E-state index is 9.09. The van der Waals surface area contributed by atoms with Crippen LogP contribution >= 0.6 is 11.6 Å². The van der Waals surface area contributed by atoms with Gasteiger partial charge < -0.3 is 15.2 Å². The third-order valence-electron chi connectivity index (χ3n) is 3.36. The number of hydrogen-bond donors (Lipinski definition) is 2. The third-order valence-corrected chi connectivity index (χ3v) is 3.59. The quantitative estimate of drug-likeness (QED) is 0.725. The minimum absolute atomic E-state index is 0.0584. The number of nitrogens with one attached hydrogen (secondary N) is 1. The van der Waals surface area contributed by atoms with E-state index in [2.05, 4.69) is 10.3 Å². The average molecular weight is 303 g/mol. The molecule has 0 aliphatic rings. The van der Waals surface area contributed by atoms with Crippen LogP contribution in [-0.2, 0) is 0 Å². The second-order valence-corrected chi connectivity index (χ2v) is 5.12. The maximum Gasteiger partial charge on any atom is 0.119 e. The second-order valence-electron chi connectivity index (χ2n) is 4.68. The van der Waals surface area contributed by atoms with Crippen LogP contribution in [0.3, 0.4) is 0 Å². The number of rotatable bonds is 4. The zero-order valence-corrected chi connectivity index (χ0v) is 12.3. The SMILES string of the molecule is COc1ccc2nc3cc(Cl)ccc3c(NCCO)c2c1. The van der Waals surface area contributed by atoms with E-state index in [1.165, 1.54) is 0 Å². The minimum atomic E-state index is 0.0584. The van der Waals surface area contributed by atoms with Crippen molar-refractivity contribution in [3.63, 3.8) is 0 Å². The van der Waals surface area contributed by atoms with E-state index >= 15 is 0 Å². The fraction of sp³-hybridized carbons (Fsp3) is 0.188. The van der Waals surface area contributed by atoms with Crippen molar-refractivity contribution in [2.45, 2.75) is 0 Å². The number of nitrogens with zero attached hydrogens (tertiary/aromatic N) is 1. The predicted molar refractivity (Wildman–Crippen MR) is 86.4 cm³/mol. The molecule has 3 aromatic rings. The normalized spacial score (nSPS) is 11.0. The Morgan fingerprint density at radius 3 is 2.76 bits per heavy atom. The molecular weight excluding hydrogens is 288 g/mol. The molecule has 0 amide bonds. The number of ether oxygens (including phenoxy) is 1. The topological polar surface area (TPSA) is 54.4 Å². The Bertz CT molecular complexity index is 805. The Labute approximate surface area is 127 Å². The molecule has 1 heterocycles. The zero-order valence-electron chi connectivity index (χ0n) is 11.6. The van der Waals surface area contributed by atoms with Crippen LogP contribution < -0.4 is 10.1 Å². The van der Waals surface area contributed by atoms with Crippen LogP contribution in [0.4, 0.5) is 5.69 Å². The lowest BCUT2D eigenvalue weighted by molar-refractivity contribution is 0.311. The summed E-state index contributed by atoms with van der Waals surface area (Å²) in [5.74, 6) is 0.768. The Balaban J connectivity index is 2.33. The molecule has 108 valence electrons. The summed E-state index contributed by atoms with van der Waals surface area (Å²) < 4.78 is 5.29. The highest BCUT2D eigenvalue weighted by Gasteiger charge is 2.10. The summed E-state index contributed by atoms with van der Waals surface area (Å²) in [5.41, 5.74) is 2.60. The number of benzene rings is 2. The molecule has 4 nitrogen and oxygen atoms in total. The van der Waals surface area contributed by atoms with E-state index in [-0.39, 0.29) is 6.61 Å². The van der Waals surface area contributed by atoms with Gasteiger partial charge in [-0.15, -0.1) is 0 Å². The highest BCUT2D eigenvalue weighted by molar-refractivity contribution is 6.31. The molecule has 0 aliphatic carbocycles. The van der Waals surface area contributed by atoms with Crippen molar-refractivity contribution in [2.75, 3.05) is 25.6 Å². The largest absolute Gasteiger partial charge is 0.497 e. The molecule has 1 aromatic heterocycles. The first kappa shape index (κ1) is 13.9. The van der Waals surface area contributed by atoms with Gasteiger partial charge in [0.1, 0.15) is 5.75 Å². The number of aromatic nitrogens is 1. The summed E-state index contributed by atoms with van der Waals surface area (Å²) in [5, 5.41) is 14.9. The Kier molecular flexibility index (Phi) is 3.82. The van der Waals surface area contributed by atoms with Gasteiger partial charge in [-0.05, 0) is 36.4 Å². The molecule has 0 saturated carbocycles. The van der Waals surface area contributed by atoms with Crippen molar-refractivity contribution >= 4 is 39.1 Å². The number of hydrogen-bond acceptors (Lipinski definition) is 4. The van der Waals surface area contributed by atoms with Gasteiger partial charge in [-0.3, -0.25) is 0 Å². The smallest absolute Gasteiger partial charge is 0.119 e. The summed E-state index contributed by atoms with van der Waals surface area (Å²) in [6.45, 7) is 0.525. The Morgan fingerprint density at radius 2 is 2.00 bits per heavy atom. The molecule has 0 aliphatic heterocycles. The number of pyridine rings is 1. The molecule has 0 unspecified atom stereocenters. The molecule has 2 aromatic carbocycles. The number of halogens is 1. The molecule has 0 bridgehead atoms. The zero-order chi connectivity index (χ0) is 14.8. The van der Waals surface area contributed by atoms with Crippen LogP contribution in [0.1, 0.15) is 0 Å². The molecule has 2 N–H and O–H groups in total. The molecule has 0 radical (unpaired) electrons. The van der Waals surface area contributed by atoms with Crippen LogP contribution in [0.15, 0.2) is 36.4 Å². The van der Waals surface area contributed by atoms with Gasteiger partial charge in [0.15, 0.2) is 0 Å². The van der Waals surface area contributed by atoms with Gasteiger partial charge in [0.25, 0.3) is 0 Å². The minimum Gasteiger partial charge on any atom is -0.497 e. The van der Waals surface area contributed by atoms with E-state index in [9.17, 15) is 0 Å². The van der Waals surface area contributed by atoms with Gasteiger partial charge in [-0.25, -0.2) is 4.98 Å². The van der Waals surface area contributed by atoms with E-state index in [0.717, 1.165) is 33.2 Å². The molecule has 3 rings (SSSR count). The summed E-state index contributed by atoms with van der Waals surface area (Å²) in [6.07, 6.45) is 0. The lowest BCUT2D eigenvalue weighted by Crippen LogP contribution is -2.07. The van der Waals surface area contributed by atoms with Gasteiger partial charge in [0.05, 0.1) is 30.4 Å². The van der Waals surface area contributed by atoms with Crippen molar-refractivity contribution in [3.05, 3.63) is 41.4 Å². The predicted octanol–water partition coefficient (Wildman–Crippen LogP) is 3.45. The lowest BCUT2D eigenvalue weighted by atomic mass is 10.1. The van der Waals surface area contributed by atoms with E-state index < -0.39 is 0 Å². The molecule has 0 fully saturated rings. The van der Waals surface area contributed by atoms with E-state index in [4.69, 9.17) is 21.4 Å². The maximum absolute atomic E-state index is 9.09. The first-order valence-electron chi connectivity index (χ1n) is 6.64. The molecule has 21 heavy (non-hydrogen) atoms. The first-order chi connectivity index (χ1) is 10.2. The van der Waals surface area contributed by atoms with Crippen LogP contribution in [-0.4, -0.2) is 30.4 Å². The number of methoxy groups -OCH3 is 1. The van der Waals surface area contributed by atoms with Crippen LogP contribution in [0.2, 0.25) is 5.02 Å². The summed E-state index contributed by atoms with van der Waals surface area (Å²) in [4.78, 5) is 4.64. The first-order valence-corrected chi connectivity index (χ1v) is 7.02. The van der Waals surface area contributed by atoms with Crippen LogP contribution in [0, 0.1) is 0 Å². The standard InChI is InChI=1S/C16H15ClN2O2/c1-21-11-3-5-14-13(9-11)16(18-6-7-20)12-4-2-10(17)8-15(12)19-14/h2-5,8-9,20H,6-7H2,1H3,(H,18,19). The van der Waals surface area contributed by atoms with Gasteiger partial charge >= 0.3 is 0 Å². The number of fused-ring (bicyclic) bond motifs is 2. The second kappa shape index (κ2) is 5.76. The van der Waals surface area contributed by atoms with Crippen molar-refractivity contribution in [3.8, 4) is 5.75 Å². The van der Waals surface area contributed by atoms with Crippen molar-refractivity contribution in [1.29, 1.82) is 0 Å². The summed E-state index contributed by atoms with van der Waals surface area (Å²) in [7, 11) is 1.64. The van der Waals surface area contributed by atoms with Crippen molar-refractivity contribution in [2.24, 2.45) is 0 Å². The number of aliphatic hydroxyl groups is 1. The summed E-state index contributed by atoms with van der Waals surface area (Å²) in [6, 6.07) is 11.3. The van der Waals surface area contributed by atoms with E-state index in [0.29, 0.717) is 11.6 Å². The average Bonchev–Trinajstić information content (AvgIpc) is 2.50. The molecule has 5 heteroatoms. The lowest BCUT2D eigenvalue weighted by Gasteiger charge is -2.13. The van der Waals surface area contributed by atoms with Crippen molar-refractivity contribution < 1.29 is 9.84 Å². The Morgan fingerprint density at radius 1 is 1.14 bits per heavy atom. The molecule has 0 atom stereocenters. The summed E-state index contributed by atoms with van der Waals surface area (Å²) >= 11 is 6.05. The van der Waals surface area contributed by atoms with Crippen LogP contribution in [0.25, 0.3) is 21.8 Å². The Hall–Kier alpha value is -2.04. The molecular formula is C16H15ClN2O2. The molecule has 0 saturated heterocycles. The number of aliphatic hydroxyl groups excluding tert-OH is 1. The molecule has 0 spiro atoms. The van der Waals surface area contributed by atoms with E-state index in [1.807, 2.05) is 36.4 Å². The van der Waals surface area contributed by atoms with E-state index in [1.54, 1.807) is 7.11 Å².